The summed E-state index contributed by atoms with van der Waals surface area (Å²) in [5.74, 6) is 0.699. The number of hydrogen-bond donors (Lipinski definition) is 1. The van der Waals surface area contributed by atoms with E-state index in [4.69, 9.17) is 4.74 Å². The number of rotatable bonds is 6. The van der Waals surface area contributed by atoms with Crippen LogP contribution in [0.15, 0.2) is 29.3 Å². The maximum Gasteiger partial charge on any atom is 0.193 e. The van der Waals surface area contributed by atoms with Crippen molar-refractivity contribution in [3.8, 4) is 0 Å². The summed E-state index contributed by atoms with van der Waals surface area (Å²) in [6.07, 6.45) is 2.41. The first-order valence-corrected chi connectivity index (χ1v) is 9.04. The van der Waals surface area contributed by atoms with Gasteiger partial charge in [-0.2, -0.15) is 0 Å². The number of nitrogens with zero attached hydrogens (tertiary/aromatic N) is 3. The number of likely N-dealkylation sites (tertiary alicyclic amines) is 1. The molecule has 140 valence electrons. The minimum Gasteiger partial charge on any atom is -0.378 e. The van der Waals surface area contributed by atoms with E-state index in [1.165, 1.54) is 6.07 Å². The molecular formula is C19H31FN4O. The molecular weight excluding hydrogens is 319 g/mol. The number of hydrogen-bond acceptors (Lipinski definition) is 3. The summed E-state index contributed by atoms with van der Waals surface area (Å²) >= 11 is 0. The van der Waals surface area contributed by atoms with Gasteiger partial charge in [-0.1, -0.05) is 12.1 Å². The van der Waals surface area contributed by atoms with Crippen LogP contribution >= 0.6 is 0 Å². The molecule has 1 atom stereocenters. The van der Waals surface area contributed by atoms with Crippen LogP contribution in [0.4, 0.5) is 4.39 Å². The second kappa shape index (κ2) is 9.73. The molecule has 0 saturated carbocycles. The van der Waals surface area contributed by atoms with Crippen LogP contribution in [0, 0.1) is 5.82 Å². The molecule has 1 aromatic rings. The van der Waals surface area contributed by atoms with Gasteiger partial charge in [0.15, 0.2) is 5.96 Å². The number of piperidine rings is 1. The summed E-state index contributed by atoms with van der Waals surface area (Å²) in [4.78, 5) is 8.79. The molecule has 6 heteroatoms. The highest BCUT2D eigenvalue weighted by molar-refractivity contribution is 5.80. The summed E-state index contributed by atoms with van der Waals surface area (Å²) in [5, 5.41) is 3.46. The van der Waals surface area contributed by atoms with Gasteiger partial charge in [0.2, 0.25) is 0 Å². The molecule has 1 aliphatic rings. The van der Waals surface area contributed by atoms with Crippen LogP contribution in [0.25, 0.3) is 0 Å². The van der Waals surface area contributed by atoms with Gasteiger partial charge in [0.05, 0.1) is 12.1 Å². The standard InChI is InChI=1S/C19H31FN4O/c1-5-25-17-9-11-24(12-10-17)19(21-2)22-14-18(23(3)4)15-7-6-8-16(20)13-15/h6-8,13,17-18H,5,9-12,14H2,1-4H3,(H,21,22). The summed E-state index contributed by atoms with van der Waals surface area (Å²) in [7, 11) is 5.82. The van der Waals surface area contributed by atoms with Crippen molar-refractivity contribution >= 4 is 5.96 Å². The Morgan fingerprint density at radius 2 is 2.12 bits per heavy atom. The summed E-state index contributed by atoms with van der Waals surface area (Å²) in [5.41, 5.74) is 0.961. The van der Waals surface area contributed by atoms with Gasteiger partial charge in [0, 0.05) is 33.3 Å². The Kier molecular flexibility index (Phi) is 7.65. The number of likely N-dealkylation sites (N-methyl/N-ethyl adjacent to an activating group) is 1. The number of nitrogens with one attached hydrogen (secondary N) is 1. The van der Waals surface area contributed by atoms with E-state index in [-0.39, 0.29) is 11.9 Å². The molecule has 1 aromatic carbocycles. The Morgan fingerprint density at radius 1 is 1.40 bits per heavy atom. The fourth-order valence-corrected chi connectivity index (χ4v) is 3.30. The fourth-order valence-electron chi connectivity index (χ4n) is 3.30. The van der Waals surface area contributed by atoms with Crippen LogP contribution < -0.4 is 5.32 Å². The fraction of sp³-hybridized carbons (Fsp3) is 0.632. The highest BCUT2D eigenvalue weighted by atomic mass is 19.1. The number of guanidine groups is 1. The molecule has 1 fully saturated rings. The number of ether oxygens (including phenoxy) is 1. The molecule has 1 saturated heterocycles. The van der Waals surface area contributed by atoms with Crippen molar-refractivity contribution in [3.05, 3.63) is 35.6 Å². The van der Waals surface area contributed by atoms with Gasteiger partial charge in [-0.3, -0.25) is 4.99 Å². The molecule has 1 heterocycles. The molecule has 2 rings (SSSR count). The zero-order valence-corrected chi connectivity index (χ0v) is 15.8. The normalized spacial score (nSPS) is 17.8. The average Bonchev–Trinajstić information content (AvgIpc) is 2.60. The Hall–Kier alpha value is -1.66. The quantitative estimate of drug-likeness (QED) is 0.632. The third kappa shape index (κ3) is 5.68. The van der Waals surface area contributed by atoms with E-state index in [0.717, 1.165) is 44.1 Å². The van der Waals surface area contributed by atoms with Gasteiger partial charge < -0.3 is 19.9 Å². The molecule has 25 heavy (non-hydrogen) atoms. The molecule has 5 nitrogen and oxygen atoms in total. The van der Waals surface area contributed by atoms with Gasteiger partial charge in [-0.15, -0.1) is 0 Å². The van der Waals surface area contributed by atoms with Crippen LogP contribution in [-0.2, 0) is 4.74 Å². The monoisotopic (exact) mass is 350 g/mol. The Bertz CT molecular complexity index is 556. The minimum absolute atomic E-state index is 0.0772. The number of aliphatic imine (C=N–C) groups is 1. The van der Waals surface area contributed by atoms with Crippen molar-refractivity contribution in [2.24, 2.45) is 4.99 Å². The van der Waals surface area contributed by atoms with Crippen molar-refractivity contribution in [1.82, 2.24) is 15.1 Å². The van der Waals surface area contributed by atoms with Crippen LogP contribution in [0.1, 0.15) is 31.4 Å². The van der Waals surface area contributed by atoms with Gasteiger partial charge in [-0.25, -0.2) is 4.39 Å². The van der Waals surface area contributed by atoms with E-state index >= 15 is 0 Å². The van der Waals surface area contributed by atoms with Gasteiger partial charge in [0.25, 0.3) is 0 Å². The Balaban J connectivity index is 1.94. The zero-order chi connectivity index (χ0) is 18.2. The molecule has 1 unspecified atom stereocenters. The average molecular weight is 350 g/mol. The zero-order valence-electron chi connectivity index (χ0n) is 15.8. The number of benzene rings is 1. The van der Waals surface area contributed by atoms with Crippen LogP contribution in [-0.4, -0.2) is 69.2 Å². The third-order valence-corrected chi connectivity index (χ3v) is 4.67. The van der Waals surface area contributed by atoms with Crippen LogP contribution in [0.5, 0.6) is 0 Å². The summed E-state index contributed by atoms with van der Waals surface area (Å²) in [6, 6.07) is 6.88. The minimum atomic E-state index is -0.202. The van der Waals surface area contributed by atoms with E-state index in [9.17, 15) is 4.39 Å². The highest BCUT2D eigenvalue weighted by Gasteiger charge is 2.22. The molecule has 1 N–H and O–H groups in total. The van der Waals surface area contributed by atoms with Gasteiger partial charge in [0.1, 0.15) is 5.82 Å². The first-order valence-electron chi connectivity index (χ1n) is 9.04. The molecule has 0 aliphatic carbocycles. The van der Waals surface area contributed by atoms with E-state index in [1.807, 2.05) is 34.1 Å². The van der Waals surface area contributed by atoms with Crippen LogP contribution in [0.3, 0.4) is 0 Å². The van der Waals surface area contributed by atoms with Crippen molar-refractivity contribution in [1.29, 1.82) is 0 Å². The molecule has 0 bridgehead atoms. The SMILES string of the molecule is CCOC1CCN(C(=NC)NCC(c2cccc(F)c2)N(C)C)CC1. The number of halogens is 1. The first-order chi connectivity index (χ1) is 12.0. The topological polar surface area (TPSA) is 40.1 Å². The predicted octanol–water partition coefficient (Wildman–Crippen LogP) is 2.50. The molecule has 0 aromatic heterocycles. The van der Waals surface area contributed by atoms with Crippen LogP contribution in [0.2, 0.25) is 0 Å². The van der Waals surface area contributed by atoms with Crippen molar-refractivity contribution in [2.45, 2.75) is 31.9 Å². The maximum absolute atomic E-state index is 13.6. The van der Waals surface area contributed by atoms with Crippen molar-refractivity contribution in [2.75, 3.05) is 47.4 Å². The lowest BCUT2D eigenvalue weighted by Gasteiger charge is -2.35. The Morgan fingerprint density at radius 3 is 2.68 bits per heavy atom. The lowest BCUT2D eigenvalue weighted by Crippen LogP contribution is -2.48. The highest BCUT2D eigenvalue weighted by Crippen LogP contribution is 2.19. The second-order valence-electron chi connectivity index (χ2n) is 6.60. The second-order valence-corrected chi connectivity index (χ2v) is 6.60. The molecule has 0 amide bonds. The third-order valence-electron chi connectivity index (χ3n) is 4.67. The van der Waals surface area contributed by atoms with Gasteiger partial charge >= 0.3 is 0 Å². The Labute approximate surface area is 150 Å². The molecule has 0 radical (unpaired) electrons. The molecule has 1 aliphatic heterocycles. The predicted molar refractivity (Wildman–Crippen MR) is 100 cm³/mol. The molecule has 0 spiro atoms. The van der Waals surface area contributed by atoms with Gasteiger partial charge in [-0.05, 0) is 51.6 Å². The lowest BCUT2D eigenvalue weighted by atomic mass is 10.1. The van der Waals surface area contributed by atoms with E-state index in [2.05, 4.69) is 20.1 Å². The largest absolute Gasteiger partial charge is 0.378 e. The summed E-state index contributed by atoms with van der Waals surface area (Å²) in [6.45, 7) is 5.37. The van der Waals surface area contributed by atoms with E-state index in [1.54, 1.807) is 12.1 Å². The smallest absolute Gasteiger partial charge is 0.193 e. The van der Waals surface area contributed by atoms with Crippen molar-refractivity contribution < 1.29 is 9.13 Å². The van der Waals surface area contributed by atoms with E-state index in [0.29, 0.717) is 12.6 Å². The summed E-state index contributed by atoms with van der Waals surface area (Å²) < 4.78 is 19.3. The van der Waals surface area contributed by atoms with E-state index < -0.39 is 0 Å². The van der Waals surface area contributed by atoms with Crippen molar-refractivity contribution in [3.63, 3.8) is 0 Å². The first kappa shape index (κ1) is 19.7. The lowest BCUT2D eigenvalue weighted by molar-refractivity contribution is 0.0263. The maximum atomic E-state index is 13.6.